The van der Waals surface area contributed by atoms with Gasteiger partial charge in [-0.3, -0.25) is 14.6 Å². The van der Waals surface area contributed by atoms with E-state index in [-0.39, 0.29) is 12.0 Å². The Morgan fingerprint density at radius 3 is 3.05 bits per heavy atom. The number of hydrogen-bond donors (Lipinski definition) is 1. The monoisotopic (exact) mass is 304 g/mol. The highest BCUT2D eigenvalue weighted by atomic mass is 16.5. The lowest BCUT2D eigenvalue weighted by molar-refractivity contribution is -0.139. The molecule has 0 unspecified atom stereocenters. The number of aromatic amines is 1. The Hall–Kier alpha value is -2.22. The zero-order valence-electron chi connectivity index (χ0n) is 12.8. The maximum atomic E-state index is 12.3. The van der Waals surface area contributed by atoms with Gasteiger partial charge in [0.1, 0.15) is 11.9 Å². The van der Waals surface area contributed by atoms with Crippen molar-refractivity contribution in [3.8, 4) is 0 Å². The molecule has 2 aromatic heterocycles. The van der Waals surface area contributed by atoms with Gasteiger partial charge in [0.05, 0.1) is 19.3 Å². The van der Waals surface area contributed by atoms with Crippen LogP contribution in [0.3, 0.4) is 0 Å². The van der Waals surface area contributed by atoms with Gasteiger partial charge < -0.3 is 9.64 Å². The molecule has 1 aliphatic heterocycles. The fourth-order valence-corrected chi connectivity index (χ4v) is 2.49. The number of ether oxygens (including phenoxy) is 1. The van der Waals surface area contributed by atoms with E-state index >= 15 is 0 Å². The van der Waals surface area contributed by atoms with Crippen LogP contribution in [-0.2, 0) is 16.1 Å². The van der Waals surface area contributed by atoms with Crippen LogP contribution >= 0.6 is 0 Å². The van der Waals surface area contributed by atoms with Crippen LogP contribution in [0, 0.1) is 13.8 Å². The molecule has 0 saturated carbocycles. The second-order valence-corrected chi connectivity index (χ2v) is 5.51. The van der Waals surface area contributed by atoms with E-state index in [0.29, 0.717) is 38.5 Å². The van der Waals surface area contributed by atoms with Crippen LogP contribution in [-0.4, -0.2) is 55.5 Å². The molecule has 1 fully saturated rings. The molecule has 0 radical (unpaired) electrons. The van der Waals surface area contributed by atoms with Crippen molar-refractivity contribution in [2.75, 3.05) is 19.7 Å². The molecule has 1 amide bonds. The van der Waals surface area contributed by atoms with E-state index < -0.39 is 0 Å². The number of carbonyl (C=O) groups is 1. The molecule has 8 heteroatoms. The van der Waals surface area contributed by atoms with Gasteiger partial charge >= 0.3 is 0 Å². The van der Waals surface area contributed by atoms with Gasteiger partial charge in [0, 0.05) is 25.7 Å². The van der Waals surface area contributed by atoms with Gasteiger partial charge in [-0.25, -0.2) is 4.98 Å². The molecule has 22 heavy (non-hydrogen) atoms. The number of nitrogens with zero attached hydrogens (tertiary/aromatic N) is 5. The first-order chi connectivity index (χ1) is 10.6. The lowest BCUT2D eigenvalue weighted by atomic mass is 10.2. The molecular formula is C14H20N6O2. The number of rotatable bonds is 4. The Morgan fingerprint density at radius 2 is 2.36 bits per heavy atom. The molecule has 0 aromatic carbocycles. The molecule has 0 bridgehead atoms. The number of amides is 1. The van der Waals surface area contributed by atoms with Gasteiger partial charge in [-0.05, 0) is 19.4 Å². The molecule has 2 aromatic rings. The summed E-state index contributed by atoms with van der Waals surface area (Å²) in [7, 11) is 0. The smallest absolute Gasteiger partial charge is 0.224 e. The van der Waals surface area contributed by atoms with Crippen molar-refractivity contribution in [3.63, 3.8) is 0 Å². The molecule has 1 aliphatic rings. The summed E-state index contributed by atoms with van der Waals surface area (Å²) >= 11 is 0. The minimum Gasteiger partial charge on any atom is -0.366 e. The van der Waals surface area contributed by atoms with E-state index in [2.05, 4.69) is 20.3 Å². The highest BCUT2D eigenvalue weighted by molar-refractivity contribution is 5.76. The van der Waals surface area contributed by atoms with Gasteiger partial charge in [-0.15, -0.1) is 0 Å². The predicted octanol–water partition coefficient (Wildman–Crippen LogP) is 0.608. The summed E-state index contributed by atoms with van der Waals surface area (Å²) in [6.07, 6.45) is 3.91. The fourth-order valence-electron chi connectivity index (χ4n) is 2.49. The highest BCUT2D eigenvalue weighted by Gasteiger charge is 2.27. The summed E-state index contributed by atoms with van der Waals surface area (Å²) in [4.78, 5) is 18.4. The third-order valence-corrected chi connectivity index (χ3v) is 3.64. The van der Waals surface area contributed by atoms with Gasteiger partial charge in [0.2, 0.25) is 5.91 Å². The molecule has 1 atom stereocenters. The topological polar surface area (TPSA) is 88.9 Å². The van der Waals surface area contributed by atoms with Crippen molar-refractivity contribution in [2.45, 2.75) is 32.9 Å². The first kappa shape index (κ1) is 14.7. The average Bonchev–Trinajstić information content (AvgIpc) is 3.13. The van der Waals surface area contributed by atoms with E-state index in [0.717, 1.165) is 11.4 Å². The quantitative estimate of drug-likeness (QED) is 0.894. The van der Waals surface area contributed by atoms with Crippen LogP contribution < -0.4 is 0 Å². The largest absolute Gasteiger partial charge is 0.366 e. The van der Waals surface area contributed by atoms with Crippen LogP contribution in [0.1, 0.15) is 29.7 Å². The third kappa shape index (κ3) is 3.33. The molecule has 1 saturated heterocycles. The fraction of sp³-hybridized carbons (Fsp3) is 0.571. The Morgan fingerprint density at radius 1 is 1.50 bits per heavy atom. The number of morpholine rings is 1. The Kier molecular flexibility index (Phi) is 4.19. The Balaban J connectivity index is 1.55. The second kappa shape index (κ2) is 6.27. The molecule has 8 nitrogen and oxygen atoms in total. The third-order valence-electron chi connectivity index (χ3n) is 3.64. The number of hydrogen-bond acceptors (Lipinski definition) is 5. The summed E-state index contributed by atoms with van der Waals surface area (Å²) in [5.74, 6) is 1.46. The van der Waals surface area contributed by atoms with Crippen LogP contribution in [0.5, 0.6) is 0 Å². The van der Waals surface area contributed by atoms with E-state index in [4.69, 9.17) is 4.74 Å². The minimum absolute atomic E-state index is 0.105. The molecule has 3 heterocycles. The van der Waals surface area contributed by atoms with Gasteiger partial charge in [0.25, 0.3) is 0 Å². The number of H-pyrrole nitrogens is 1. The van der Waals surface area contributed by atoms with E-state index in [1.807, 2.05) is 24.9 Å². The van der Waals surface area contributed by atoms with Crippen LogP contribution in [0.2, 0.25) is 0 Å². The van der Waals surface area contributed by atoms with Crippen molar-refractivity contribution in [1.82, 2.24) is 29.9 Å². The lowest BCUT2D eigenvalue weighted by Crippen LogP contribution is -2.42. The van der Waals surface area contributed by atoms with E-state index in [9.17, 15) is 4.79 Å². The minimum atomic E-state index is -0.255. The van der Waals surface area contributed by atoms with Crippen molar-refractivity contribution in [2.24, 2.45) is 0 Å². The van der Waals surface area contributed by atoms with Crippen molar-refractivity contribution >= 4 is 5.91 Å². The lowest BCUT2D eigenvalue weighted by Gasteiger charge is -2.31. The summed E-state index contributed by atoms with van der Waals surface area (Å²) < 4.78 is 7.46. The first-order valence-electron chi connectivity index (χ1n) is 7.39. The van der Waals surface area contributed by atoms with E-state index in [1.54, 1.807) is 10.9 Å². The normalized spacial score (nSPS) is 18.6. The summed E-state index contributed by atoms with van der Waals surface area (Å²) in [6.45, 7) is 6.02. The number of aromatic nitrogens is 5. The molecular weight excluding hydrogens is 284 g/mol. The average molecular weight is 304 g/mol. The SMILES string of the molecule is Cc1cnn(CCC(=O)N2CCO[C@H](c3n[nH]c(C)n3)C2)c1. The second-order valence-electron chi connectivity index (χ2n) is 5.51. The van der Waals surface area contributed by atoms with Crippen LogP contribution in [0.15, 0.2) is 12.4 Å². The maximum Gasteiger partial charge on any atom is 0.224 e. The molecule has 3 rings (SSSR count). The highest BCUT2D eigenvalue weighted by Crippen LogP contribution is 2.19. The molecule has 0 aliphatic carbocycles. The predicted molar refractivity (Wildman–Crippen MR) is 78.0 cm³/mol. The van der Waals surface area contributed by atoms with E-state index in [1.165, 1.54) is 0 Å². The summed E-state index contributed by atoms with van der Waals surface area (Å²) in [5.41, 5.74) is 1.10. The molecule has 1 N–H and O–H groups in total. The van der Waals surface area contributed by atoms with Gasteiger partial charge in [-0.1, -0.05) is 0 Å². The van der Waals surface area contributed by atoms with Gasteiger partial charge in [-0.2, -0.15) is 10.2 Å². The number of carbonyl (C=O) groups excluding carboxylic acids is 1. The Bertz CT molecular complexity index is 649. The van der Waals surface area contributed by atoms with Crippen molar-refractivity contribution < 1.29 is 9.53 Å². The summed E-state index contributed by atoms with van der Waals surface area (Å²) in [6, 6.07) is 0. The summed E-state index contributed by atoms with van der Waals surface area (Å²) in [5, 5.41) is 11.1. The van der Waals surface area contributed by atoms with Crippen LogP contribution in [0.25, 0.3) is 0 Å². The van der Waals surface area contributed by atoms with Gasteiger partial charge in [0.15, 0.2) is 5.82 Å². The Labute approximate surface area is 128 Å². The standard InChI is InChI=1S/C14H20N6O2/c1-10-7-15-20(8-10)4-3-13(21)19-5-6-22-12(9-19)14-16-11(2)17-18-14/h7-8,12H,3-6,9H2,1-2H3,(H,16,17,18)/t12-/m0/s1. The first-order valence-corrected chi connectivity index (χ1v) is 7.39. The van der Waals surface area contributed by atoms with Crippen molar-refractivity contribution in [3.05, 3.63) is 29.6 Å². The number of nitrogens with one attached hydrogen (secondary N) is 1. The van der Waals surface area contributed by atoms with Crippen LogP contribution in [0.4, 0.5) is 0 Å². The molecule has 118 valence electrons. The number of aryl methyl sites for hydroxylation is 3. The van der Waals surface area contributed by atoms with Crippen molar-refractivity contribution in [1.29, 1.82) is 0 Å². The zero-order chi connectivity index (χ0) is 15.5. The maximum absolute atomic E-state index is 12.3. The zero-order valence-corrected chi connectivity index (χ0v) is 12.8. The molecule has 0 spiro atoms.